The van der Waals surface area contributed by atoms with Gasteiger partial charge in [0.1, 0.15) is 6.17 Å². The zero-order valence-corrected chi connectivity index (χ0v) is 15.0. The molecule has 2 unspecified atom stereocenters. The summed E-state index contributed by atoms with van der Waals surface area (Å²) in [6, 6.07) is 19.9. The van der Waals surface area contributed by atoms with Gasteiger partial charge in [-0.3, -0.25) is 4.90 Å². The summed E-state index contributed by atoms with van der Waals surface area (Å²) in [5.41, 5.74) is 13.7. The van der Waals surface area contributed by atoms with Gasteiger partial charge in [-0.1, -0.05) is 61.5 Å². The third-order valence-corrected chi connectivity index (χ3v) is 5.68. The fraction of sp³-hybridized carbons (Fsp3) is 0.400. The highest BCUT2D eigenvalue weighted by Crippen LogP contribution is 2.37. The molecule has 2 heterocycles. The average Bonchev–Trinajstić information content (AvgIpc) is 3.15. The molecule has 0 aliphatic carbocycles. The monoisotopic (exact) mass is 337 g/mol. The molecule has 2 aliphatic heterocycles. The lowest BCUT2D eigenvalue weighted by molar-refractivity contribution is -0.0574. The number of rotatable bonds is 4. The summed E-state index contributed by atoms with van der Waals surface area (Å²) < 4.78 is 0. The number of nitrogens with one attached hydrogen (secondary N) is 3. The van der Waals surface area contributed by atoms with Gasteiger partial charge < -0.3 is 0 Å². The molecule has 0 radical (unpaired) electrons. The van der Waals surface area contributed by atoms with E-state index in [1.54, 1.807) is 0 Å². The van der Waals surface area contributed by atoms with Crippen LogP contribution in [0.1, 0.15) is 30.5 Å². The van der Waals surface area contributed by atoms with Gasteiger partial charge in [-0.2, -0.15) is 11.1 Å². The number of piperazine rings is 1. The van der Waals surface area contributed by atoms with Crippen molar-refractivity contribution in [1.29, 1.82) is 0 Å². The molecule has 2 saturated heterocycles. The molecule has 0 amide bonds. The lowest BCUT2D eigenvalue weighted by Crippen LogP contribution is -2.66. The standard InChI is InChI=1S/C20H27N5/c1-3-16-9-11-18(12-10-16)20(2)19-21-22-23-25(19)14-13-24(20)15-17-7-5-4-6-8-17/h4-12,19,21-23H,3,13-15H2,1-2H3. The van der Waals surface area contributed by atoms with E-state index in [0.29, 0.717) is 0 Å². The van der Waals surface area contributed by atoms with Crippen LogP contribution in [0.5, 0.6) is 0 Å². The number of hydrogen-bond acceptors (Lipinski definition) is 5. The number of fused-ring (bicyclic) bond motifs is 1. The van der Waals surface area contributed by atoms with Crippen LogP contribution in [-0.2, 0) is 18.5 Å². The maximum atomic E-state index is 3.42. The Labute approximate surface area is 149 Å². The Kier molecular flexibility index (Phi) is 4.58. The van der Waals surface area contributed by atoms with Crippen molar-refractivity contribution in [1.82, 2.24) is 26.4 Å². The van der Waals surface area contributed by atoms with Crippen molar-refractivity contribution < 1.29 is 0 Å². The Bertz CT molecular complexity index is 702. The third kappa shape index (κ3) is 2.99. The number of hydrazine groups is 3. The summed E-state index contributed by atoms with van der Waals surface area (Å²) in [5, 5.41) is 2.26. The van der Waals surface area contributed by atoms with Crippen LogP contribution >= 0.6 is 0 Å². The Morgan fingerprint density at radius 1 is 1.00 bits per heavy atom. The first-order valence-corrected chi connectivity index (χ1v) is 9.13. The summed E-state index contributed by atoms with van der Waals surface area (Å²) in [5.74, 6) is 0. The molecule has 5 heteroatoms. The zero-order valence-electron chi connectivity index (χ0n) is 15.0. The van der Waals surface area contributed by atoms with E-state index >= 15 is 0 Å². The molecule has 0 aromatic heterocycles. The topological polar surface area (TPSA) is 42.6 Å². The second-order valence-electron chi connectivity index (χ2n) is 7.08. The molecule has 4 rings (SSSR count). The second kappa shape index (κ2) is 6.86. The molecule has 2 aromatic rings. The normalized spacial score (nSPS) is 27.4. The molecule has 25 heavy (non-hydrogen) atoms. The first-order valence-electron chi connectivity index (χ1n) is 9.13. The van der Waals surface area contributed by atoms with Crippen LogP contribution in [0.3, 0.4) is 0 Å². The lowest BCUT2D eigenvalue weighted by Gasteiger charge is -2.51. The van der Waals surface area contributed by atoms with Gasteiger partial charge in [0.15, 0.2) is 0 Å². The zero-order chi connectivity index (χ0) is 17.3. The van der Waals surface area contributed by atoms with Gasteiger partial charge in [-0.15, -0.1) is 0 Å². The Hall–Kier alpha value is -1.76. The van der Waals surface area contributed by atoms with Gasteiger partial charge in [0, 0.05) is 19.6 Å². The number of benzene rings is 2. The molecule has 0 bridgehead atoms. The van der Waals surface area contributed by atoms with E-state index in [1.165, 1.54) is 16.7 Å². The highest BCUT2D eigenvalue weighted by molar-refractivity contribution is 5.31. The van der Waals surface area contributed by atoms with Gasteiger partial charge in [-0.25, -0.2) is 10.4 Å². The van der Waals surface area contributed by atoms with Crippen LogP contribution in [0.15, 0.2) is 54.6 Å². The van der Waals surface area contributed by atoms with Crippen molar-refractivity contribution in [3.63, 3.8) is 0 Å². The number of hydrogen-bond donors (Lipinski definition) is 3. The van der Waals surface area contributed by atoms with E-state index in [4.69, 9.17) is 0 Å². The molecule has 5 nitrogen and oxygen atoms in total. The highest BCUT2D eigenvalue weighted by atomic mass is 15.9. The maximum Gasteiger partial charge on any atom is 0.111 e. The maximum absolute atomic E-state index is 3.42. The van der Waals surface area contributed by atoms with Crippen LogP contribution in [-0.4, -0.2) is 29.2 Å². The first kappa shape index (κ1) is 16.7. The minimum atomic E-state index is -0.142. The first-order chi connectivity index (χ1) is 12.2. The molecule has 2 atom stereocenters. The SMILES string of the molecule is CCc1ccc(C2(C)C3NNNN3CCN2Cc2ccccc2)cc1. The molecule has 0 saturated carbocycles. The van der Waals surface area contributed by atoms with E-state index in [1.807, 2.05) is 0 Å². The van der Waals surface area contributed by atoms with Gasteiger partial charge in [0.2, 0.25) is 0 Å². The van der Waals surface area contributed by atoms with E-state index in [-0.39, 0.29) is 11.7 Å². The number of aryl methyl sites for hydroxylation is 1. The summed E-state index contributed by atoms with van der Waals surface area (Å²) in [6.07, 6.45) is 1.24. The van der Waals surface area contributed by atoms with Crippen LogP contribution in [0.25, 0.3) is 0 Å². The summed E-state index contributed by atoms with van der Waals surface area (Å²) in [7, 11) is 0. The lowest BCUT2D eigenvalue weighted by atomic mass is 9.84. The molecule has 3 N–H and O–H groups in total. The summed E-state index contributed by atoms with van der Waals surface area (Å²) >= 11 is 0. The highest BCUT2D eigenvalue weighted by Gasteiger charge is 2.49. The van der Waals surface area contributed by atoms with Crippen LogP contribution < -0.4 is 16.5 Å². The smallest absolute Gasteiger partial charge is 0.111 e. The summed E-state index contributed by atoms with van der Waals surface area (Å²) in [4.78, 5) is 2.59. The van der Waals surface area contributed by atoms with E-state index in [9.17, 15) is 0 Å². The van der Waals surface area contributed by atoms with Gasteiger partial charge >= 0.3 is 0 Å². The third-order valence-electron chi connectivity index (χ3n) is 5.68. The second-order valence-corrected chi connectivity index (χ2v) is 7.08. The van der Waals surface area contributed by atoms with Crippen molar-refractivity contribution in [3.8, 4) is 0 Å². The van der Waals surface area contributed by atoms with E-state index in [0.717, 1.165) is 26.1 Å². The van der Waals surface area contributed by atoms with Crippen LogP contribution in [0, 0.1) is 0 Å². The Balaban J connectivity index is 1.70. The van der Waals surface area contributed by atoms with E-state index < -0.39 is 0 Å². The van der Waals surface area contributed by atoms with Crippen LogP contribution in [0.2, 0.25) is 0 Å². The predicted molar refractivity (Wildman–Crippen MR) is 99.9 cm³/mol. The Morgan fingerprint density at radius 3 is 2.48 bits per heavy atom. The van der Waals surface area contributed by atoms with Crippen molar-refractivity contribution in [2.75, 3.05) is 13.1 Å². The largest absolute Gasteiger partial charge is 0.286 e. The predicted octanol–water partition coefficient (Wildman–Crippen LogP) is 2.14. The van der Waals surface area contributed by atoms with Crippen molar-refractivity contribution in [2.24, 2.45) is 0 Å². The minimum absolute atomic E-state index is 0.142. The molecule has 2 aliphatic rings. The molecule has 132 valence electrons. The minimum Gasteiger partial charge on any atom is -0.286 e. The van der Waals surface area contributed by atoms with Gasteiger partial charge in [-0.05, 0) is 30.0 Å². The van der Waals surface area contributed by atoms with E-state index in [2.05, 4.69) is 94.8 Å². The molecule has 2 fully saturated rings. The molecule has 2 aromatic carbocycles. The van der Waals surface area contributed by atoms with Gasteiger partial charge in [0.05, 0.1) is 5.54 Å². The van der Waals surface area contributed by atoms with Crippen molar-refractivity contribution in [3.05, 3.63) is 71.3 Å². The van der Waals surface area contributed by atoms with Crippen LogP contribution in [0.4, 0.5) is 0 Å². The quantitative estimate of drug-likeness (QED) is 0.798. The fourth-order valence-electron chi connectivity index (χ4n) is 4.04. The summed E-state index contributed by atoms with van der Waals surface area (Å²) in [6.45, 7) is 7.47. The van der Waals surface area contributed by atoms with Gasteiger partial charge in [0.25, 0.3) is 0 Å². The molecular weight excluding hydrogens is 310 g/mol. The average molecular weight is 337 g/mol. The molecule has 0 spiro atoms. The number of nitrogens with zero attached hydrogens (tertiary/aromatic N) is 2. The molecular formula is C20H27N5. The Morgan fingerprint density at radius 2 is 1.76 bits per heavy atom. The van der Waals surface area contributed by atoms with Crippen molar-refractivity contribution in [2.45, 2.75) is 38.5 Å². The van der Waals surface area contributed by atoms with Crippen molar-refractivity contribution >= 4 is 0 Å². The fourth-order valence-corrected chi connectivity index (χ4v) is 4.04.